The largest absolute Gasteiger partial charge is 0.336 e. The summed E-state index contributed by atoms with van der Waals surface area (Å²) in [5.74, 6) is -0.495. The first-order chi connectivity index (χ1) is 12.6. The van der Waals surface area contributed by atoms with Gasteiger partial charge in [0, 0.05) is 24.2 Å². The molecule has 1 aromatic heterocycles. The average Bonchev–Trinajstić information content (AvgIpc) is 3.33. The molecular weight excluding hydrogens is 331 g/mol. The maximum absolute atomic E-state index is 13.7. The van der Waals surface area contributed by atoms with Gasteiger partial charge >= 0.3 is 0 Å². The van der Waals surface area contributed by atoms with Crippen molar-refractivity contribution in [1.29, 1.82) is 0 Å². The first kappa shape index (κ1) is 16.4. The van der Waals surface area contributed by atoms with E-state index < -0.39 is 0 Å². The van der Waals surface area contributed by atoms with E-state index >= 15 is 0 Å². The fourth-order valence-corrected chi connectivity index (χ4v) is 3.25. The normalized spacial score (nSPS) is 16.8. The number of nitrogens with zero attached hydrogens (tertiary/aromatic N) is 4. The van der Waals surface area contributed by atoms with Crippen LogP contribution in [0.25, 0.3) is 11.3 Å². The summed E-state index contributed by atoms with van der Waals surface area (Å²) in [6, 6.07) is 14.6. The molecule has 2 aromatic carbocycles. The number of benzene rings is 2. The Bertz CT molecular complexity index is 938. The van der Waals surface area contributed by atoms with Crippen LogP contribution in [-0.4, -0.2) is 38.9 Å². The number of hydrogen-bond acceptors (Lipinski definition) is 3. The zero-order valence-electron chi connectivity index (χ0n) is 14.5. The van der Waals surface area contributed by atoms with Crippen LogP contribution in [0.1, 0.15) is 28.4 Å². The van der Waals surface area contributed by atoms with Crippen molar-refractivity contribution < 1.29 is 9.18 Å². The molecule has 26 heavy (non-hydrogen) atoms. The fraction of sp³-hybridized carbons (Fsp3) is 0.250. The van der Waals surface area contributed by atoms with Crippen LogP contribution in [0.15, 0.2) is 54.7 Å². The minimum atomic E-state index is -0.352. The Hall–Kier alpha value is -3.02. The lowest BCUT2D eigenvalue weighted by Crippen LogP contribution is -2.29. The van der Waals surface area contributed by atoms with Crippen molar-refractivity contribution in [3.8, 4) is 11.3 Å². The summed E-state index contributed by atoms with van der Waals surface area (Å²) in [4.78, 5) is 14.4. The molecular formula is C20H19FN4O. The van der Waals surface area contributed by atoms with Crippen LogP contribution in [0.4, 0.5) is 4.39 Å². The van der Waals surface area contributed by atoms with Gasteiger partial charge in [0.15, 0.2) is 0 Å². The number of rotatable bonds is 3. The van der Waals surface area contributed by atoms with Crippen LogP contribution >= 0.6 is 0 Å². The van der Waals surface area contributed by atoms with Crippen molar-refractivity contribution in [3.63, 3.8) is 0 Å². The standard InChI is InChI=1S/C20H19FN4O/c1-14-7-8-16(11-18(14)21)20(26)24-10-9-17(12-24)25-13-19(22-23-25)15-5-3-2-4-6-15/h2-8,11,13,17H,9-10,12H2,1H3. The van der Waals surface area contributed by atoms with Crippen molar-refractivity contribution in [1.82, 2.24) is 19.9 Å². The predicted octanol–water partition coefficient (Wildman–Crippen LogP) is 3.48. The first-order valence-corrected chi connectivity index (χ1v) is 8.64. The zero-order chi connectivity index (χ0) is 18.1. The highest BCUT2D eigenvalue weighted by atomic mass is 19.1. The summed E-state index contributed by atoms with van der Waals surface area (Å²) in [6.07, 6.45) is 2.72. The van der Waals surface area contributed by atoms with Gasteiger partial charge in [-0.15, -0.1) is 5.10 Å². The molecule has 1 atom stereocenters. The van der Waals surface area contributed by atoms with Crippen molar-refractivity contribution in [2.24, 2.45) is 0 Å². The smallest absolute Gasteiger partial charge is 0.254 e. The maximum atomic E-state index is 13.7. The highest BCUT2D eigenvalue weighted by molar-refractivity contribution is 5.94. The highest BCUT2D eigenvalue weighted by Crippen LogP contribution is 2.25. The monoisotopic (exact) mass is 350 g/mol. The molecule has 2 heterocycles. The quantitative estimate of drug-likeness (QED) is 0.727. The molecule has 3 aromatic rings. The summed E-state index contributed by atoms with van der Waals surface area (Å²) in [5.41, 5.74) is 2.75. The van der Waals surface area contributed by atoms with Crippen LogP contribution < -0.4 is 0 Å². The van der Waals surface area contributed by atoms with E-state index in [1.165, 1.54) is 6.07 Å². The Morgan fingerprint density at radius 2 is 2.00 bits per heavy atom. The molecule has 1 fully saturated rings. The zero-order valence-corrected chi connectivity index (χ0v) is 14.5. The van der Waals surface area contributed by atoms with Gasteiger partial charge in [-0.25, -0.2) is 9.07 Å². The number of amides is 1. The minimum Gasteiger partial charge on any atom is -0.336 e. The van der Waals surface area contributed by atoms with E-state index in [0.717, 1.165) is 17.7 Å². The molecule has 1 saturated heterocycles. The second kappa shape index (κ2) is 6.71. The summed E-state index contributed by atoms with van der Waals surface area (Å²) < 4.78 is 15.6. The predicted molar refractivity (Wildman–Crippen MR) is 96.2 cm³/mol. The Morgan fingerprint density at radius 3 is 2.77 bits per heavy atom. The number of carbonyl (C=O) groups is 1. The van der Waals surface area contributed by atoms with Gasteiger partial charge in [-0.05, 0) is 31.0 Å². The lowest BCUT2D eigenvalue weighted by molar-refractivity contribution is 0.0786. The van der Waals surface area contributed by atoms with Gasteiger partial charge in [-0.3, -0.25) is 4.79 Å². The van der Waals surface area contributed by atoms with Gasteiger partial charge in [0.25, 0.3) is 5.91 Å². The van der Waals surface area contributed by atoms with E-state index in [0.29, 0.717) is 24.2 Å². The van der Waals surface area contributed by atoms with E-state index in [-0.39, 0.29) is 17.8 Å². The van der Waals surface area contributed by atoms with Crippen molar-refractivity contribution >= 4 is 5.91 Å². The molecule has 1 aliphatic heterocycles. The third-order valence-electron chi connectivity index (χ3n) is 4.82. The Labute approximate surface area is 151 Å². The van der Waals surface area contributed by atoms with Gasteiger partial charge in [0.05, 0.1) is 12.2 Å². The summed E-state index contributed by atoms with van der Waals surface area (Å²) >= 11 is 0. The Kier molecular flexibility index (Phi) is 4.24. The second-order valence-corrected chi connectivity index (χ2v) is 6.61. The third kappa shape index (κ3) is 3.10. The van der Waals surface area contributed by atoms with Crippen LogP contribution in [0.3, 0.4) is 0 Å². The van der Waals surface area contributed by atoms with Crippen molar-refractivity contribution in [2.75, 3.05) is 13.1 Å². The Balaban J connectivity index is 1.48. The average molecular weight is 350 g/mol. The molecule has 0 radical (unpaired) electrons. The lowest BCUT2D eigenvalue weighted by Gasteiger charge is -2.16. The molecule has 0 aliphatic carbocycles. The van der Waals surface area contributed by atoms with Gasteiger partial charge in [0.2, 0.25) is 0 Å². The van der Waals surface area contributed by atoms with E-state index in [4.69, 9.17) is 0 Å². The van der Waals surface area contributed by atoms with Crippen LogP contribution in [0.2, 0.25) is 0 Å². The van der Waals surface area contributed by atoms with Gasteiger partial charge in [0.1, 0.15) is 11.5 Å². The van der Waals surface area contributed by atoms with Gasteiger partial charge < -0.3 is 4.90 Å². The molecule has 1 unspecified atom stereocenters. The summed E-state index contributed by atoms with van der Waals surface area (Å²) in [7, 11) is 0. The molecule has 6 heteroatoms. The fourth-order valence-electron chi connectivity index (χ4n) is 3.25. The number of aromatic nitrogens is 3. The van der Waals surface area contributed by atoms with E-state index in [1.807, 2.05) is 41.2 Å². The molecule has 5 nitrogen and oxygen atoms in total. The lowest BCUT2D eigenvalue weighted by atomic mass is 10.1. The summed E-state index contributed by atoms with van der Waals surface area (Å²) in [5, 5.41) is 8.48. The van der Waals surface area contributed by atoms with Gasteiger partial charge in [-0.1, -0.05) is 41.6 Å². The number of likely N-dealkylation sites (tertiary alicyclic amines) is 1. The highest BCUT2D eigenvalue weighted by Gasteiger charge is 2.29. The molecule has 132 valence electrons. The summed E-state index contributed by atoms with van der Waals surface area (Å²) in [6.45, 7) is 2.86. The topological polar surface area (TPSA) is 51.0 Å². The molecule has 0 spiro atoms. The molecule has 0 saturated carbocycles. The SMILES string of the molecule is Cc1ccc(C(=O)N2CCC(n3cc(-c4ccccc4)nn3)C2)cc1F. The van der Waals surface area contributed by atoms with E-state index in [2.05, 4.69) is 10.3 Å². The van der Waals surface area contributed by atoms with E-state index in [9.17, 15) is 9.18 Å². The molecule has 0 bridgehead atoms. The first-order valence-electron chi connectivity index (χ1n) is 8.64. The number of hydrogen-bond donors (Lipinski definition) is 0. The van der Waals surface area contributed by atoms with Gasteiger partial charge in [-0.2, -0.15) is 0 Å². The molecule has 4 rings (SSSR count). The number of aryl methyl sites for hydroxylation is 1. The van der Waals surface area contributed by atoms with E-state index in [1.54, 1.807) is 24.0 Å². The van der Waals surface area contributed by atoms with Crippen molar-refractivity contribution in [2.45, 2.75) is 19.4 Å². The minimum absolute atomic E-state index is 0.0826. The van der Waals surface area contributed by atoms with Crippen LogP contribution in [0, 0.1) is 12.7 Å². The molecule has 0 N–H and O–H groups in total. The maximum Gasteiger partial charge on any atom is 0.254 e. The third-order valence-corrected chi connectivity index (χ3v) is 4.82. The van der Waals surface area contributed by atoms with Crippen LogP contribution in [-0.2, 0) is 0 Å². The molecule has 1 aliphatic rings. The van der Waals surface area contributed by atoms with Crippen LogP contribution in [0.5, 0.6) is 0 Å². The molecule has 1 amide bonds. The number of halogens is 1. The second-order valence-electron chi connectivity index (χ2n) is 6.61. The number of carbonyl (C=O) groups excluding carboxylic acids is 1. The van der Waals surface area contributed by atoms with Crippen molar-refractivity contribution in [3.05, 3.63) is 71.7 Å². The Morgan fingerprint density at radius 1 is 1.19 bits per heavy atom.